The smallest absolute Gasteiger partial charge is 0.272 e. The molecule has 3 aromatic rings. The number of fused-ring (bicyclic) bond motifs is 1. The first-order valence-electron chi connectivity index (χ1n) is 8.78. The van der Waals surface area contributed by atoms with Crippen LogP contribution in [-0.4, -0.2) is 30.8 Å². The first kappa shape index (κ1) is 19.1. The number of aromatic nitrogens is 1. The van der Waals surface area contributed by atoms with E-state index >= 15 is 0 Å². The molecule has 5 nitrogen and oxygen atoms in total. The summed E-state index contributed by atoms with van der Waals surface area (Å²) in [6.07, 6.45) is 3.26. The molecule has 0 saturated heterocycles. The Morgan fingerprint density at radius 2 is 2.04 bits per heavy atom. The molecule has 140 valence electrons. The minimum absolute atomic E-state index is 0.290. The van der Waals surface area contributed by atoms with Crippen molar-refractivity contribution in [1.82, 2.24) is 4.57 Å². The van der Waals surface area contributed by atoms with Gasteiger partial charge in [0.15, 0.2) is 4.80 Å². The van der Waals surface area contributed by atoms with E-state index in [1.807, 2.05) is 60.0 Å². The van der Waals surface area contributed by atoms with E-state index in [0.717, 1.165) is 21.5 Å². The summed E-state index contributed by atoms with van der Waals surface area (Å²) in [5.41, 5.74) is 1.98. The van der Waals surface area contributed by atoms with Crippen molar-refractivity contribution in [2.75, 3.05) is 20.3 Å². The van der Waals surface area contributed by atoms with Gasteiger partial charge in [-0.15, -0.1) is 0 Å². The summed E-state index contributed by atoms with van der Waals surface area (Å²) in [5.74, 6) is 0.522. The molecule has 2 aromatic carbocycles. The van der Waals surface area contributed by atoms with Crippen LogP contribution < -0.4 is 9.54 Å². The molecule has 1 heterocycles. The van der Waals surface area contributed by atoms with E-state index < -0.39 is 0 Å². The number of hydrogen-bond donors (Lipinski definition) is 0. The molecule has 27 heavy (non-hydrogen) atoms. The van der Waals surface area contributed by atoms with Crippen molar-refractivity contribution >= 4 is 33.5 Å². The van der Waals surface area contributed by atoms with Crippen LogP contribution in [-0.2, 0) is 16.1 Å². The number of benzene rings is 2. The Balaban J connectivity index is 1.96. The third-order valence-corrected chi connectivity index (χ3v) is 4.95. The fourth-order valence-electron chi connectivity index (χ4n) is 2.66. The molecular formula is C21H22N2O3S. The Hall–Kier alpha value is -2.70. The summed E-state index contributed by atoms with van der Waals surface area (Å²) in [6, 6.07) is 15.6. The van der Waals surface area contributed by atoms with Crippen molar-refractivity contribution in [3.8, 4) is 5.75 Å². The quantitative estimate of drug-likeness (QED) is 0.583. The van der Waals surface area contributed by atoms with Gasteiger partial charge >= 0.3 is 0 Å². The predicted molar refractivity (Wildman–Crippen MR) is 109 cm³/mol. The summed E-state index contributed by atoms with van der Waals surface area (Å²) < 4.78 is 13.8. The van der Waals surface area contributed by atoms with Crippen molar-refractivity contribution in [3.05, 3.63) is 65.0 Å². The average Bonchev–Trinajstić information content (AvgIpc) is 3.02. The molecule has 0 aliphatic heterocycles. The van der Waals surface area contributed by atoms with E-state index in [-0.39, 0.29) is 5.91 Å². The van der Waals surface area contributed by atoms with E-state index in [1.165, 1.54) is 17.4 Å². The van der Waals surface area contributed by atoms with Gasteiger partial charge in [-0.1, -0.05) is 41.7 Å². The van der Waals surface area contributed by atoms with Gasteiger partial charge in [-0.3, -0.25) is 4.79 Å². The highest BCUT2D eigenvalue weighted by atomic mass is 32.1. The van der Waals surface area contributed by atoms with Gasteiger partial charge in [0.2, 0.25) is 0 Å². The number of rotatable bonds is 7. The second kappa shape index (κ2) is 9.30. The van der Waals surface area contributed by atoms with E-state index in [2.05, 4.69) is 4.99 Å². The average molecular weight is 382 g/mol. The molecule has 0 aliphatic carbocycles. The van der Waals surface area contributed by atoms with Gasteiger partial charge in [-0.25, -0.2) is 0 Å². The Morgan fingerprint density at radius 1 is 1.22 bits per heavy atom. The maximum absolute atomic E-state index is 12.3. The Morgan fingerprint density at radius 3 is 2.78 bits per heavy atom. The highest BCUT2D eigenvalue weighted by molar-refractivity contribution is 7.16. The zero-order valence-electron chi connectivity index (χ0n) is 15.4. The van der Waals surface area contributed by atoms with Crippen LogP contribution in [0.5, 0.6) is 5.75 Å². The van der Waals surface area contributed by atoms with Gasteiger partial charge in [0, 0.05) is 19.7 Å². The van der Waals surface area contributed by atoms with Crippen molar-refractivity contribution in [1.29, 1.82) is 0 Å². The first-order chi connectivity index (χ1) is 13.2. The number of thiazole rings is 1. The summed E-state index contributed by atoms with van der Waals surface area (Å²) >= 11 is 1.47. The lowest BCUT2D eigenvalue weighted by Gasteiger charge is -2.05. The molecule has 1 aromatic heterocycles. The molecule has 0 unspecified atom stereocenters. The fraction of sp³-hybridized carbons (Fsp3) is 0.238. The lowest BCUT2D eigenvalue weighted by Crippen LogP contribution is -2.18. The molecule has 3 rings (SSSR count). The fourth-order valence-corrected chi connectivity index (χ4v) is 3.75. The van der Waals surface area contributed by atoms with Crippen LogP contribution in [0.4, 0.5) is 0 Å². The molecule has 0 atom stereocenters. The lowest BCUT2D eigenvalue weighted by molar-refractivity contribution is -0.113. The van der Waals surface area contributed by atoms with E-state index in [9.17, 15) is 4.79 Å². The second-order valence-corrected chi connectivity index (χ2v) is 6.79. The summed E-state index contributed by atoms with van der Waals surface area (Å²) in [5, 5.41) is 0. The summed E-state index contributed by atoms with van der Waals surface area (Å²) in [4.78, 5) is 17.3. The Kier molecular flexibility index (Phi) is 6.57. The second-order valence-electron chi connectivity index (χ2n) is 5.79. The van der Waals surface area contributed by atoms with Crippen LogP contribution in [0.15, 0.2) is 59.6 Å². The van der Waals surface area contributed by atoms with Gasteiger partial charge in [-0.2, -0.15) is 4.99 Å². The zero-order valence-corrected chi connectivity index (χ0v) is 16.2. The van der Waals surface area contributed by atoms with Crippen LogP contribution in [0, 0.1) is 0 Å². The molecular weight excluding hydrogens is 360 g/mol. The molecule has 0 spiro atoms. The number of amides is 1. The number of hydrogen-bond acceptors (Lipinski definition) is 4. The molecule has 0 fully saturated rings. The SMILES string of the molecule is CCOc1ccc2c(c1)sc(=NC(=O)/C=C/c1ccccc1)n2CCOC. The van der Waals surface area contributed by atoms with Gasteiger partial charge in [0.25, 0.3) is 5.91 Å². The van der Waals surface area contributed by atoms with Gasteiger partial charge < -0.3 is 14.0 Å². The van der Waals surface area contributed by atoms with Crippen molar-refractivity contribution in [2.45, 2.75) is 13.5 Å². The van der Waals surface area contributed by atoms with Crippen molar-refractivity contribution in [3.63, 3.8) is 0 Å². The summed E-state index contributed by atoms with van der Waals surface area (Å²) in [6.45, 7) is 3.73. The third kappa shape index (κ3) is 4.93. The third-order valence-electron chi connectivity index (χ3n) is 3.91. The Bertz CT molecular complexity index is 1000. The van der Waals surface area contributed by atoms with Crippen molar-refractivity contribution < 1.29 is 14.3 Å². The molecule has 0 N–H and O–H groups in total. The molecule has 0 bridgehead atoms. The predicted octanol–water partition coefficient (Wildman–Crippen LogP) is 3.89. The highest BCUT2D eigenvalue weighted by Crippen LogP contribution is 2.23. The van der Waals surface area contributed by atoms with E-state index in [4.69, 9.17) is 9.47 Å². The number of carbonyl (C=O) groups is 1. The molecule has 0 saturated carbocycles. The maximum atomic E-state index is 12.3. The Labute approximate surface area is 162 Å². The normalized spacial score (nSPS) is 12.1. The van der Waals surface area contributed by atoms with Crippen molar-refractivity contribution in [2.24, 2.45) is 4.99 Å². The van der Waals surface area contributed by atoms with Gasteiger partial charge in [-0.05, 0) is 36.8 Å². The first-order valence-corrected chi connectivity index (χ1v) is 9.60. The standard InChI is InChI=1S/C21H22N2O3S/c1-3-26-17-10-11-18-19(15-17)27-21(23(18)13-14-25-2)22-20(24)12-9-16-7-5-4-6-8-16/h4-12,15H,3,13-14H2,1-2H3/b12-9+,22-21?. The number of carbonyl (C=O) groups excluding carboxylic acids is 1. The largest absolute Gasteiger partial charge is 0.494 e. The van der Waals surface area contributed by atoms with Crippen LogP contribution in [0.3, 0.4) is 0 Å². The number of ether oxygens (including phenoxy) is 2. The topological polar surface area (TPSA) is 52.8 Å². The monoisotopic (exact) mass is 382 g/mol. The molecule has 1 amide bonds. The number of methoxy groups -OCH3 is 1. The number of nitrogens with zero attached hydrogens (tertiary/aromatic N) is 2. The van der Waals surface area contributed by atoms with Crippen LogP contribution in [0.25, 0.3) is 16.3 Å². The van der Waals surface area contributed by atoms with Crippen LogP contribution >= 0.6 is 11.3 Å². The van der Waals surface area contributed by atoms with Crippen LogP contribution in [0.2, 0.25) is 0 Å². The highest BCUT2D eigenvalue weighted by Gasteiger charge is 2.08. The minimum Gasteiger partial charge on any atom is -0.494 e. The van der Waals surface area contributed by atoms with E-state index in [1.54, 1.807) is 13.2 Å². The van der Waals surface area contributed by atoms with Crippen LogP contribution in [0.1, 0.15) is 12.5 Å². The van der Waals surface area contributed by atoms with Gasteiger partial charge in [0.1, 0.15) is 5.75 Å². The molecule has 6 heteroatoms. The lowest BCUT2D eigenvalue weighted by atomic mass is 10.2. The van der Waals surface area contributed by atoms with Gasteiger partial charge in [0.05, 0.1) is 23.4 Å². The van der Waals surface area contributed by atoms with E-state index in [0.29, 0.717) is 24.6 Å². The summed E-state index contributed by atoms with van der Waals surface area (Å²) in [7, 11) is 1.66. The minimum atomic E-state index is -0.290. The molecule has 0 aliphatic rings. The maximum Gasteiger partial charge on any atom is 0.272 e. The zero-order chi connectivity index (χ0) is 19.1. The molecule has 0 radical (unpaired) electrons.